The van der Waals surface area contributed by atoms with Crippen molar-refractivity contribution >= 4 is 0 Å². The molecule has 17 heavy (non-hydrogen) atoms. The van der Waals surface area contributed by atoms with Gasteiger partial charge in [0.2, 0.25) is 5.88 Å². The molecule has 3 heteroatoms. The maximum absolute atomic E-state index is 5.56. The SMILES string of the molecule is C=CCCOc1cc(CNCCC)cc(C)n1. The first-order valence-electron chi connectivity index (χ1n) is 6.18. The van der Waals surface area contributed by atoms with Crippen molar-refractivity contribution in [3.63, 3.8) is 0 Å². The number of aromatic nitrogens is 1. The molecule has 0 bridgehead atoms. The second kappa shape index (κ2) is 7.85. The molecule has 0 aliphatic heterocycles. The molecule has 0 saturated carbocycles. The third-order valence-corrected chi connectivity index (χ3v) is 2.32. The van der Waals surface area contributed by atoms with E-state index in [1.807, 2.05) is 19.1 Å². The van der Waals surface area contributed by atoms with Crippen molar-refractivity contribution in [3.05, 3.63) is 36.0 Å². The summed E-state index contributed by atoms with van der Waals surface area (Å²) in [6.45, 7) is 10.4. The molecule has 1 rings (SSSR count). The van der Waals surface area contributed by atoms with Crippen molar-refractivity contribution in [1.29, 1.82) is 0 Å². The Balaban J connectivity index is 2.55. The van der Waals surface area contributed by atoms with Gasteiger partial charge in [0, 0.05) is 18.3 Å². The Hall–Kier alpha value is -1.35. The minimum absolute atomic E-state index is 0.641. The fourth-order valence-electron chi connectivity index (χ4n) is 1.54. The molecule has 0 aliphatic carbocycles. The van der Waals surface area contributed by atoms with Gasteiger partial charge in [0.05, 0.1) is 6.61 Å². The van der Waals surface area contributed by atoms with Crippen molar-refractivity contribution in [2.75, 3.05) is 13.2 Å². The van der Waals surface area contributed by atoms with Crippen LogP contribution in [0.2, 0.25) is 0 Å². The topological polar surface area (TPSA) is 34.1 Å². The highest BCUT2D eigenvalue weighted by atomic mass is 16.5. The molecule has 0 aromatic carbocycles. The number of nitrogens with one attached hydrogen (secondary N) is 1. The fourth-order valence-corrected chi connectivity index (χ4v) is 1.54. The smallest absolute Gasteiger partial charge is 0.213 e. The first-order valence-corrected chi connectivity index (χ1v) is 6.18. The van der Waals surface area contributed by atoms with E-state index >= 15 is 0 Å². The highest BCUT2D eigenvalue weighted by molar-refractivity contribution is 5.24. The van der Waals surface area contributed by atoms with Crippen LogP contribution in [0.5, 0.6) is 5.88 Å². The van der Waals surface area contributed by atoms with Crippen molar-refractivity contribution in [1.82, 2.24) is 10.3 Å². The molecule has 0 unspecified atom stereocenters. The maximum Gasteiger partial charge on any atom is 0.213 e. The lowest BCUT2D eigenvalue weighted by Gasteiger charge is -2.08. The highest BCUT2D eigenvalue weighted by Crippen LogP contribution is 2.12. The van der Waals surface area contributed by atoms with Crippen LogP contribution in [0, 0.1) is 6.92 Å². The molecular formula is C14H22N2O. The average molecular weight is 234 g/mol. The molecule has 0 amide bonds. The Morgan fingerprint density at radius 2 is 2.29 bits per heavy atom. The van der Waals surface area contributed by atoms with Gasteiger partial charge in [0.1, 0.15) is 0 Å². The van der Waals surface area contributed by atoms with Gasteiger partial charge in [-0.15, -0.1) is 6.58 Å². The molecule has 1 aromatic rings. The number of pyridine rings is 1. The van der Waals surface area contributed by atoms with Gasteiger partial charge in [-0.2, -0.15) is 0 Å². The predicted octanol–water partition coefficient (Wildman–Crippen LogP) is 2.84. The Kier molecular flexibility index (Phi) is 6.33. The molecule has 0 aliphatic rings. The van der Waals surface area contributed by atoms with Crippen LogP contribution in [0.3, 0.4) is 0 Å². The van der Waals surface area contributed by atoms with Gasteiger partial charge < -0.3 is 10.1 Å². The van der Waals surface area contributed by atoms with Crippen molar-refractivity contribution < 1.29 is 4.74 Å². The molecule has 3 nitrogen and oxygen atoms in total. The first kappa shape index (κ1) is 13.7. The lowest BCUT2D eigenvalue weighted by Crippen LogP contribution is -2.14. The van der Waals surface area contributed by atoms with E-state index in [0.29, 0.717) is 12.5 Å². The highest BCUT2D eigenvalue weighted by Gasteiger charge is 2.00. The van der Waals surface area contributed by atoms with Gasteiger partial charge in [-0.05, 0) is 37.9 Å². The van der Waals surface area contributed by atoms with Crippen molar-refractivity contribution in [2.45, 2.75) is 33.2 Å². The largest absolute Gasteiger partial charge is 0.477 e. The Morgan fingerprint density at radius 1 is 1.47 bits per heavy atom. The fraction of sp³-hybridized carbons (Fsp3) is 0.500. The van der Waals surface area contributed by atoms with E-state index in [2.05, 4.69) is 29.9 Å². The molecule has 0 saturated heterocycles. The standard InChI is InChI=1S/C14H22N2O/c1-4-6-8-17-14-10-13(9-12(3)16-14)11-15-7-5-2/h4,9-10,15H,1,5-8,11H2,2-3H3. The molecular weight excluding hydrogens is 212 g/mol. The summed E-state index contributed by atoms with van der Waals surface area (Å²) in [6.07, 6.45) is 3.84. The normalized spacial score (nSPS) is 10.2. The van der Waals surface area contributed by atoms with E-state index in [4.69, 9.17) is 4.74 Å². The van der Waals surface area contributed by atoms with E-state index in [-0.39, 0.29) is 0 Å². The molecule has 0 spiro atoms. The lowest BCUT2D eigenvalue weighted by molar-refractivity contribution is 0.311. The van der Waals surface area contributed by atoms with Crippen LogP contribution >= 0.6 is 0 Å². The molecule has 94 valence electrons. The quantitative estimate of drug-likeness (QED) is 0.555. The first-order chi connectivity index (χ1) is 8.26. The van der Waals surface area contributed by atoms with Gasteiger partial charge >= 0.3 is 0 Å². The van der Waals surface area contributed by atoms with Crippen LogP contribution in [0.15, 0.2) is 24.8 Å². The number of aryl methyl sites for hydroxylation is 1. The zero-order valence-corrected chi connectivity index (χ0v) is 10.8. The lowest BCUT2D eigenvalue weighted by atomic mass is 10.2. The van der Waals surface area contributed by atoms with Crippen LogP contribution in [-0.4, -0.2) is 18.1 Å². The van der Waals surface area contributed by atoms with Crippen LogP contribution in [0.4, 0.5) is 0 Å². The van der Waals surface area contributed by atoms with Gasteiger partial charge in [-0.3, -0.25) is 0 Å². The van der Waals surface area contributed by atoms with Gasteiger partial charge in [-0.1, -0.05) is 13.0 Å². The minimum atomic E-state index is 0.641. The molecule has 0 fully saturated rings. The van der Waals surface area contributed by atoms with Crippen molar-refractivity contribution in [3.8, 4) is 5.88 Å². The third kappa shape index (κ3) is 5.50. The van der Waals surface area contributed by atoms with Crippen LogP contribution in [-0.2, 0) is 6.54 Å². The number of ether oxygens (including phenoxy) is 1. The second-order valence-electron chi connectivity index (χ2n) is 4.06. The molecule has 1 heterocycles. The average Bonchev–Trinajstić information content (AvgIpc) is 2.29. The van der Waals surface area contributed by atoms with E-state index in [0.717, 1.165) is 31.6 Å². The number of hydrogen-bond acceptors (Lipinski definition) is 3. The molecule has 0 atom stereocenters. The second-order valence-corrected chi connectivity index (χ2v) is 4.06. The van der Waals surface area contributed by atoms with Gasteiger partial charge in [-0.25, -0.2) is 4.98 Å². The minimum Gasteiger partial charge on any atom is -0.477 e. The van der Waals surface area contributed by atoms with Gasteiger partial charge in [0.15, 0.2) is 0 Å². The summed E-state index contributed by atoms with van der Waals surface area (Å²) in [7, 11) is 0. The number of hydrogen-bond donors (Lipinski definition) is 1. The summed E-state index contributed by atoms with van der Waals surface area (Å²) in [6, 6.07) is 4.09. The Morgan fingerprint density at radius 3 is 3.00 bits per heavy atom. The van der Waals surface area contributed by atoms with E-state index in [9.17, 15) is 0 Å². The summed E-state index contributed by atoms with van der Waals surface area (Å²) in [5.41, 5.74) is 2.22. The van der Waals surface area contributed by atoms with Crippen LogP contribution in [0.25, 0.3) is 0 Å². The summed E-state index contributed by atoms with van der Waals surface area (Å²) in [5.74, 6) is 0.708. The van der Waals surface area contributed by atoms with E-state index in [1.54, 1.807) is 0 Å². The Bertz CT molecular complexity index is 350. The van der Waals surface area contributed by atoms with E-state index in [1.165, 1.54) is 5.56 Å². The van der Waals surface area contributed by atoms with Crippen LogP contribution in [0.1, 0.15) is 31.0 Å². The zero-order valence-electron chi connectivity index (χ0n) is 10.8. The molecule has 1 N–H and O–H groups in total. The van der Waals surface area contributed by atoms with E-state index < -0.39 is 0 Å². The third-order valence-electron chi connectivity index (χ3n) is 2.32. The summed E-state index contributed by atoms with van der Waals surface area (Å²) in [5, 5.41) is 3.37. The van der Waals surface area contributed by atoms with Crippen molar-refractivity contribution in [2.24, 2.45) is 0 Å². The predicted molar refractivity (Wildman–Crippen MR) is 71.3 cm³/mol. The molecule has 0 radical (unpaired) electrons. The summed E-state index contributed by atoms with van der Waals surface area (Å²) in [4.78, 5) is 4.35. The maximum atomic E-state index is 5.56. The summed E-state index contributed by atoms with van der Waals surface area (Å²) >= 11 is 0. The number of rotatable bonds is 8. The monoisotopic (exact) mass is 234 g/mol. The summed E-state index contributed by atoms with van der Waals surface area (Å²) < 4.78 is 5.56. The molecule has 1 aromatic heterocycles. The Labute approximate surface area is 104 Å². The van der Waals surface area contributed by atoms with Gasteiger partial charge in [0.25, 0.3) is 0 Å². The number of nitrogens with zero attached hydrogens (tertiary/aromatic N) is 1. The van der Waals surface area contributed by atoms with Crippen LogP contribution < -0.4 is 10.1 Å². The zero-order chi connectivity index (χ0) is 12.5.